The Hall–Kier alpha value is -0.0800. The number of hydrogen-bond donors (Lipinski definition) is 1. The SMILES string of the molecule is C[C@@H]1CCC[C@H](C)N1CCCC1CCNC1. The summed E-state index contributed by atoms with van der Waals surface area (Å²) < 4.78 is 0. The largest absolute Gasteiger partial charge is 0.316 e. The van der Waals surface area contributed by atoms with Gasteiger partial charge in [-0.1, -0.05) is 6.42 Å². The third-order valence-corrected chi connectivity index (χ3v) is 4.57. The van der Waals surface area contributed by atoms with E-state index in [-0.39, 0.29) is 0 Å². The van der Waals surface area contributed by atoms with Gasteiger partial charge in [0.05, 0.1) is 0 Å². The second-order valence-electron chi connectivity index (χ2n) is 5.87. The van der Waals surface area contributed by atoms with Gasteiger partial charge in [-0.2, -0.15) is 0 Å². The number of rotatable bonds is 4. The van der Waals surface area contributed by atoms with Gasteiger partial charge in [-0.3, -0.25) is 4.90 Å². The lowest BCUT2D eigenvalue weighted by molar-refractivity contribution is 0.0999. The highest BCUT2D eigenvalue weighted by Gasteiger charge is 2.24. The first-order valence-electron chi connectivity index (χ1n) is 7.24. The van der Waals surface area contributed by atoms with E-state index >= 15 is 0 Å². The van der Waals surface area contributed by atoms with Crippen LogP contribution in [-0.4, -0.2) is 36.6 Å². The molecule has 0 saturated carbocycles. The van der Waals surface area contributed by atoms with E-state index in [1.54, 1.807) is 0 Å². The van der Waals surface area contributed by atoms with Gasteiger partial charge in [0.25, 0.3) is 0 Å². The van der Waals surface area contributed by atoms with Crippen LogP contribution >= 0.6 is 0 Å². The Labute approximate surface area is 101 Å². The van der Waals surface area contributed by atoms with E-state index in [0.717, 1.165) is 18.0 Å². The van der Waals surface area contributed by atoms with Gasteiger partial charge in [-0.25, -0.2) is 0 Å². The molecule has 0 aromatic carbocycles. The highest BCUT2D eigenvalue weighted by Crippen LogP contribution is 2.23. The van der Waals surface area contributed by atoms with Crippen LogP contribution in [0.1, 0.15) is 52.4 Å². The molecule has 2 heteroatoms. The average Bonchev–Trinajstić information content (AvgIpc) is 2.75. The zero-order chi connectivity index (χ0) is 11.4. The molecule has 16 heavy (non-hydrogen) atoms. The molecule has 2 saturated heterocycles. The fourth-order valence-corrected chi connectivity index (χ4v) is 3.44. The van der Waals surface area contributed by atoms with Crippen LogP contribution in [0.15, 0.2) is 0 Å². The maximum absolute atomic E-state index is 3.46. The summed E-state index contributed by atoms with van der Waals surface area (Å²) in [7, 11) is 0. The lowest BCUT2D eigenvalue weighted by Gasteiger charge is -2.39. The lowest BCUT2D eigenvalue weighted by atomic mass is 9.96. The van der Waals surface area contributed by atoms with Gasteiger partial charge in [0.2, 0.25) is 0 Å². The molecule has 0 spiro atoms. The normalized spacial score (nSPS) is 36.8. The maximum atomic E-state index is 3.46. The molecule has 0 aromatic rings. The maximum Gasteiger partial charge on any atom is 0.00697 e. The first-order chi connectivity index (χ1) is 7.77. The van der Waals surface area contributed by atoms with E-state index in [9.17, 15) is 0 Å². The van der Waals surface area contributed by atoms with E-state index in [0.29, 0.717) is 0 Å². The summed E-state index contributed by atoms with van der Waals surface area (Å²) in [5.74, 6) is 0.968. The standard InChI is InChI=1S/C14H28N2/c1-12-5-3-6-13(2)16(12)10-4-7-14-8-9-15-11-14/h12-15H,3-11H2,1-2H3/t12-,13+,14?. The van der Waals surface area contributed by atoms with Crippen molar-refractivity contribution < 1.29 is 0 Å². The quantitative estimate of drug-likeness (QED) is 0.790. The highest BCUT2D eigenvalue weighted by molar-refractivity contribution is 4.80. The van der Waals surface area contributed by atoms with Crippen LogP contribution in [0, 0.1) is 5.92 Å². The van der Waals surface area contributed by atoms with Gasteiger partial charge in [-0.15, -0.1) is 0 Å². The summed E-state index contributed by atoms with van der Waals surface area (Å²) in [4.78, 5) is 2.74. The topological polar surface area (TPSA) is 15.3 Å². The lowest BCUT2D eigenvalue weighted by Crippen LogP contribution is -2.44. The number of piperidine rings is 1. The average molecular weight is 224 g/mol. The van der Waals surface area contributed by atoms with E-state index in [2.05, 4.69) is 24.1 Å². The molecule has 0 amide bonds. The Morgan fingerprint density at radius 3 is 2.50 bits per heavy atom. The van der Waals surface area contributed by atoms with Crippen molar-refractivity contribution in [2.75, 3.05) is 19.6 Å². The molecule has 0 aromatic heterocycles. The summed E-state index contributed by atoms with van der Waals surface area (Å²) in [6.07, 6.45) is 8.51. The Morgan fingerprint density at radius 1 is 1.12 bits per heavy atom. The highest BCUT2D eigenvalue weighted by atomic mass is 15.2. The van der Waals surface area contributed by atoms with Gasteiger partial charge >= 0.3 is 0 Å². The minimum Gasteiger partial charge on any atom is -0.316 e. The van der Waals surface area contributed by atoms with Crippen LogP contribution in [0.2, 0.25) is 0 Å². The van der Waals surface area contributed by atoms with Gasteiger partial charge in [-0.05, 0) is 71.5 Å². The van der Waals surface area contributed by atoms with Crippen LogP contribution in [0.25, 0.3) is 0 Å². The molecule has 2 aliphatic heterocycles. The zero-order valence-corrected chi connectivity index (χ0v) is 11.0. The van der Waals surface area contributed by atoms with Gasteiger partial charge < -0.3 is 5.32 Å². The predicted molar refractivity (Wildman–Crippen MR) is 69.7 cm³/mol. The van der Waals surface area contributed by atoms with Crippen LogP contribution < -0.4 is 5.32 Å². The molecule has 1 unspecified atom stereocenters. The number of nitrogens with one attached hydrogen (secondary N) is 1. The third kappa shape index (κ3) is 3.21. The second kappa shape index (κ2) is 6.02. The van der Waals surface area contributed by atoms with Gasteiger partial charge in [0.15, 0.2) is 0 Å². The minimum atomic E-state index is 0.824. The van der Waals surface area contributed by atoms with E-state index in [4.69, 9.17) is 0 Å². The molecule has 0 aliphatic carbocycles. The van der Waals surface area contributed by atoms with Crippen molar-refractivity contribution in [2.24, 2.45) is 5.92 Å². The van der Waals surface area contributed by atoms with Crippen molar-refractivity contribution in [3.63, 3.8) is 0 Å². The fourth-order valence-electron chi connectivity index (χ4n) is 3.44. The van der Waals surface area contributed by atoms with Crippen molar-refractivity contribution in [1.82, 2.24) is 10.2 Å². The van der Waals surface area contributed by atoms with E-state index < -0.39 is 0 Å². The molecule has 3 atom stereocenters. The number of likely N-dealkylation sites (tertiary alicyclic amines) is 1. The van der Waals surface area contributed by atoms with Gasteiger partial charge in [0, 0.05) is 12.1 Å². The predicted octanol–water partition coefficient (Wildman–Crippen LogP) is 2.64. The van der Waals surface area contributed by atoms with Crippen LogP contribution in [0.5, 0.6) is 0 Å². The molecule has 2 nitrogen and oxygen atoms in total. The van der Waals surface area contributed by atoms with Crippen LogP contribution in [-0.2, 0) is 0 Å². The third-order valence-electron chi connectivity index (χ3n) is 4.57. The molecule has 0 radical (unpaired) electrons. The summed E-state index contributed by atoms with van der Waals surface area (Å²) in [5, 5.41) is 3.46. The van der Waals surface area contributed by atoms with E-state index in [1.165, 1.54) is 58.2 Å². The van der Waals surface area contributed by atoms with Crippen molar-refractivity contribution in [1.29, 1.82) is 0 Å². The summed E-state index contributed by atoms with van der Waals surface area (Å²) in [6.45, 7) is 8.67. The Balaban J connectivity index is 1.67. The minimum absolute atomic E-state index is 0.824. The first kappa shape index (κ1) is 12.4. The first-order valence-corrected chi connectivity index (χ1v) is 7.24. The molecular formula is C14H28N2. The summed E-state index contributed by atoms with van der Waals surface area (Å²) >= 11 is 0. The molecule has 2 aliphatic rings. The monoisotopic (exact) mass is 224 g/mol. The molecule has 2 heterocycles. The zero-order valence-electron chi connectivity index (χ0n) is 11.0. The molecule has 2 fully saturated rings. The van der Waals surface area contributed by atoms with E-state index in [1.807, 2.05) is 0 Å². The Morgan fingerprint density at radius 2 is 1.88 bits per heavy atom. The van der Waals surface area contributed by atoms with Crippen molar-refractivity contribution >= 4 is 0 Å². The molecular weight excluding hydrogens is 196 g/mol. The van der Waals surface area contributed by atoms with Crippen molar-refractivity contribution in [3.05, 3.63) is 0 Å². The number of hydrogen-bond acceptors (Lipinski definition) is 2. The Kier molecular flexibility index (Phi) is 4.66. The van der Waals surface area contributed by atoms with Crippen LogP contribution in [0.4, 0.5) is 0 Å². The number of nitrogens with zero attached hydrogens (tertiary/aromatic N) is 1. The molecule has 0 bridgehead atoms. The Bertz CT molecular complexity index is 189. The van der Waals surface area contributed by atoms with Crippen LogP contribution in [0.3, 0.4) is 0 Å². The molecule has 94 valence electrons. The van der Waals surface area contributed by atoms with Crippen molar-refractivity contribution in [3.8, 4) is 0 Å². The fraction of sp³-hybridized carbons (Fsp3) is 1.00. The molecule has 1 N–H and O–H groups in total. The summed E-state index contributed by atoms with van der Waals surface area (Å²) in [6, 6.07) is 1.65. The summed E-state index contributed by atoms with van der Waals surface area (Å²) in [5.41, 5.74) is 0. The van der Waals surface area contributed by atoms with Gasteiger partial charge in [0.1, 0.15) is 0 Å². The second-order valence-corrected chi connectivity index (χ2v) is 5.87. The molecule has 2 rings (SSSR count). The van der Waals surface area contributed by atoms with Crippen molar-refractivity contribution in [2.45, 2.75) is 64.5 Å². The smallest absolute Gasteiger partial charge is 0.00697 e.